The molecule has 0 N–H and O–H groups in total. The summed E-state index contributed by atoms with van der Waals surface area (Å²) in [7, 11) is 0. The van der Waals surface area contributed by atoms with Crippen molar-refractivity contribution in [2.45, 2.75) is 39.4 Å². The number of hydrogen-bond acceptors (Lipinski definition) is 4. The highest BCUT2D eigenvalue weighted by molar-refractivity contribution is 5.79. The normalized spacial score (nSPS) is 11.5. The number of carbonyl (C=O) groups excluding carboxylic acids is 1. The summed E-state index contributed by atoms with van der Waals surface area (Å²) < 4.78 is 44.2. The first-order valence-corrected chi connectivity index (χ1v) is 11.0. The Hall–Kier alpha value is -3.67. The van der Waals surface area contributed by atoms with E-state index in [0.29, 0.717) is 35.7 Å². The van der Waals surface area contributed by atoms with Gasteiger partial charge in [-0.2, -0.15) is 0 Å². The van der Waals surface area contributed by atoms with Gasteiger partial charge in [0.15, 0.2) is 0 Å². The van der Waals surface area contributed by atoms with E-state index < -0.39 is 17.6 Å². The Kier molecular flexibility index (Phi) is 8.79. The summed E-state index contributed by atoms with van der Waals surface area (Å²) in [6, 6.07) is 18.1. The third-order valence-corrected chi connectivity index (χ3v) is 5.00. The van der Waals surface area contributed by atoms with Crippen molar-refractivity contribution in [3.63, 3.8) is 0 Å². The maximum absolute atomic E-state index is 13.6. The number of hydrogen-bond donors (Lipinski definition) is 0. The van der Waals surface area contributed by atoms with Gasteiger partial charge < -0.3 is 14.2 Å². The minimum absolute atomic E-state index is 0.0547. The molecule has 34 heavy (non-hydrogen) atoms. The van der Waals surface area contributed by atoms with Gasteiger partial charge in [0.2, 0.25) is 0 Å². The quantitative estimate of drug-likeness (QED) is 0.232. The Morgan fingerprint density at radius 1 is 0.882 bits per heavy atom. The molecule has 1 unspecified atom stereocenters. The van der Waals surface area contributed by atoms with Crippen LogP contribution >= 0.6 is 0 Å². The standard InChI is InChI=1S/C28H28F2O4/c1-4-32-28(31)27(10-19(2)3)22-13-25(33-17-20-8-6-5-7-9-20)16-26(14-22)34-18-21-11-23(29)15-24(30)12-21/h5-9,11-16,27H,2,4,10,17-18H2,1,3H3. The zero-order chi connectivity index (χ0) is 24.5. The fourth-order valence-electron chi connectivity index (χ4n) is 3.49. The average Bonchev–Trinajstić information content (AvgIpc) is 2.80. The maximum atomic E-state index is 13.6. The topological polar surface area (TPSA) is 44.8 Å². The molecular weight excluding hydrogens is 438 g/mol. The summed E-state index contributed by atoms with van der Waals surface area (Å²) in [5.74, 6) is -1.42. The van der Waals surface area contributed by atoms with Crippen LogP contribution < -0.4 is 9.47 Å². The lowest BCUT2D eigenvalue weighted by atomic mass is 9.92. The van der Waals surface area contributed by atoms with Crippen LogP contribution in [0, 0.1) is 11.6 Å². The predicted molar refractivity (Wildman–Crippen MR) is 127 cm³/mol. The van der Waals surface area contributed by atoms with E-state index in [4.69, 9.17) is 14.2 Å². The van der Waals surface area contributed by atoms with Gasteiger partial charge in [-0.25, -0.2) is 8.78 Å². The molecule has 178 valence electrons. The Balaban J connectivity index is 1.90. The SMILES string of the molecule is C=C(C)CC(C(=O)OCC)c1cc(OCc2ccccc2)cc(OCc2cc(F)cc(F)c2)c1. The van der Waals surface area contributed by atoms with Gasteiger partial charge in [0.1, 0.15) is 36.3 Å². The number of benzene rings is 3. The van der Waals surface area contributed by atoms with Crippen LogP contribution in [0.15, 0.2) is 78.9 Å². The van der Waals surface area contributed by atoms with E-state index in [1.54, 1.807) is 25.1 Å². The van der Waals surface area contributed by atoms with Crippen molar-refractivity contribution >= 4 is 5.97 Å². The fraction of sp³-hybridized carbons (Fsp3) is 0.250. The molecular formula is C28H28F2O4. The van der Waals surface area contributed by atoms with Gasteiger partial charge in [-0.1, -0.05) is 35.9 Å². The van der Waals surface area contributed by atoms with E-state index in [2.05, 4.69) is 6.58 Å². The van der Waals surface area contributed by atoms with Crippen molar-refractivity contribution < 1.29 is 27.8 Å². The molecule has 4 nitrogen and oxygen atoms in total. The second-order valence-corrected chi connectivity index (χ2v) is 8.04. The van der Waals surface area contributed by atoms with E-state index in [-0.39, 0.29) is 19.2 Å². The molecule has 1 atom stereocenters. The molecule has 0 aliphatic heterocycles. The minimum atomic E-state index is -0.678. The van der Waals surface area contributed by atoms with Gasteiger partial charge in [0, 0.05) is 12.1 Å². The molecule has 0 aliphatic carbocycles. The summed E-state index contributed by atoms with van der Waals surface area (Å²) in [5.41, 5.74) is 2.80. The maximum Gasteiger partial charge on any atom is 0.313 e. The van der Waals surface area contributed by atoms with Crippen LogP contribution in [0.2, 0.25) is 0 Å². The van der Waals surface area contributed by atoms with E-state index in [9.17, 15) is 13.6 Å². The average molecular weight is 467 g/mol. The fourth-order valence-corrected chi connectivity index (χ4v) is 3.49. The molecule has 3 aromatic rings. The molecule has 0 bridgehead atoms. The van der Waals surface area contributed by atoms with E-state index in [1.807, 2.05) is 37.3 Å². The van der Waals surface area contributed by atoms with Crippen molar-refractivity contribution in [3.05, 3.63) is 107 Å². The number of ether oxygens (including phenoxy) is 3. The Morgan fingerprint density at radius 2 is 1.47 bits per heavy atom. The van der Waals surface area contributed by atoms with E-state index in [1.165, 1.54) is 12.1 Å². The highest BCUT2D eigenvalue weighted by Crippen LogP contribution is 2.32. The first kappa shape index (κ1) is 25.0. The van der Waals surface area contributed by atoms with Crippen LogP contribution in [0.1, 0.15) is 42.9 Å². The number of rotatable bonds is 11. The zero-order valence-electron chi connectivity index (χ0n) is 19.4. The van der Waals surface area contributed by atoms with Gasteiger partial charge in [-0.05, 0) is 61.2 Å². The Morgan fingerprint density at radius 3 is 2.03 bits per heavy atom. The summed E-state index contributed by atoms with van der Waals surface area (Å²) in [6.45, 7) is 8.05. The third kappa shape index (κ3) is 7.44. The van der Waals surface area contributed by atoms with Crippen LogP contribution in [0.25, 0.3) is 0 Å². The van der Waals surface area contributed by atoms with Crippen LogP contribution in [-0.4, -0.2) is 12.6 Å². The van der Waals surface area contributed by atoms with Gasteiger partial charge in [-0.3, -0.25) is 4.79 Å². The van der Waals surface area contributed by atoms with Crippen molar-refractivity contribution in [2.24, 2.45) is 0 Å². The largest absolute Gasteiger partial charge is 0.489 e. The van der Waals surface area contributed by atoms with E-state index >= 15 is 0 Å². The van der Waals surface area contributed by atoms with Crippen LogP contribution in [0.3, 0.4) is 0 Å². The van der Waals surface area contributed by atoms with Crippen molar-refractivity contribution in [2.75, 3.05) is 6.61 Å². The molecule has 0 spiro atoms. The molecule has 0 aromatic heterocycles. The zero-order valence-corrected chi connectivity index (χ0v) is 19.4. The Labute approximate surface area is 198 Å². The second kappa shape index (κ2) is 12.0. The second-order valence-electron chi connectivity index (χ2n) is 8.04. The summed E-state index contributed by atoms with van der Waals surface area (Å²) in [4.78, 5) is 12.7. The smallest absolute Gasteiger partial charge is 0.313 e. The molecule has 0 aliphatic rings. The van der Waals surface area contributed by atoms with Crippen LogP contribution in [-0.2, 0) is 22.7 Å². The number of halogens is 2. The van der Waals surface area contributed by atoms with E-state index in [0.717, 1.165) is 17.2 Å². The monoisotopic (exact) mass is 466 g/mol. The number of carbonyl (C=O) groups is 1. The molecule has 3 rings (SSSR count). The van der Waals surface area contributed by atoms with Gasteiger partial charge in [0.05, 0.1) is 12.5 Å². The van der Waals surface area contributed by atoms with Crippen molar-refractivity contribution in [1.82, 2.24) is 0 Å². The molecule has 0 saturated heterocycles. The molecule has 6 heteroatoms. The highest BCUT2D eigenvalue weighted by Gasteiger charge is 2.24. The molecule has 0 heterocycles. The third-order valence-electron chi connectivity index (χ3n) is 5.00. The predicted octanol–water partition coefficient (Wildman–Crippen LogP) is 6.74. The van der Waals surface area contributed by atoms with Crippen LogP contribution in [0.5, 0.6) is 11.5 Å². The lowest BCUT2D eigenvalue weighted by molar-refractivity contribution is -0.144. The van der Waals surface area contributed by atoms with Gasteiger partial charge >= 0.3 is 5.97 Å². The molecule has 0 radical (unpaired) electrons. The number of allylic oxidation sites excluding steroid dienone is 1. The number of esters is 1. The van der Waals surface area contributed by atoms with Gasteiger partial charge in [-0.15, -0.1) is 6.58 Å². The molecule has 0 fully saturated rings. The Bertz CT molecular complexity index is 1110. The molecule has 0 amide bonds. The molecule has 0 saturated carbocycles. The van der Waals surface area contributed by atoms with Crippen molar-refractivity contribution in [1.29, 1.82) is 0 Å². The van der Waals surface area contributed by atoms with Crippen LogP contribution in [0.4, 0.5) is 8.78 Å². The first-order chi connectivity index (χ1) is 16.3. The summed E-state index contributed by atoms with van der Waals surface area (Å²) in [5, 5.41) is 0. The lowest BCUT2D eigenvalue weighted by Crippen LogP contribution is -2.16. The van der Waals surface area contributed by atoms with Gasteiger partial charge in [0.25, 0.3) is 0 Å². The first-order valence-electron chi connectivity index (χ1n) is 11.0. The van der Waals surface area contributed by atoms with Crippen molar-refractivity contribution in [3.8, 4) is 11.5 Å². The lowest BCUT2D eigenvalue weighted by Gasteiger charge is -2.19. The molecule has 3 aromatic carbocycles. The highest BCUT2D eigenvalue weighted by atomic mass is 19.1. The summed E-state index contributed by atoms with van der Waals surface area (Å²) >= 11 is 0. The minimum Gasteiger partial charge on any atom is -0.489 e. The summed E-state index contributed by atoms with van der Waals surface area (Å²) in [6.07, 6.45) is 0.398.